The van der Waals surface area contributed by atoms with Gasteiger partial charge in [-0.25, -0.2) is 0 Å². The molecule has 2 atom stereocenters. The third-order valence-electron chi connectivity index (χ3n) is 2.94. The molecule has 1 unspecified atom stereocenters. The normalized spacial score (nSPS) is 23.4. The lowest BCUT2D eigenvalue weighted by Crippen LogP contribution is -2.48. The van der Waals surface area contributed by atoms with Crippen LogP contribution in [0.25, 0.3) is 0 Å². The number of rotatable bonds is 2. The highest BCUT2D eigenvalue weighted by Gasteiger charge is 2.41. The molecule has 1 aromatic rings. The summed E-state index contributed by atoms with van der Waals surface area (Å²) in [5.41, 5.74) is 0.850. The second kappa shape index (κ2) is 5.00. The maximum atomic E-state index is 11.8. The third kappa shape index (κ3) is 2.25. The van der Waals surface area contributed by atoms with Crippen molar-refractivity contribution in [3.63, 3.8) is 0 Å². The van der Waals surface area contributed by atoms with Crippen molar-refractivity contribution in [2.45, 2.75) is 12.5 Å². The molecule has 1 N–H and O–H groups in total. The van der Waals surface area contributed by atoms with Crippen molar-refractivity contribution in [2.75, 3.05) is 7.11 Å². The molecule has 1 saturated heterocycles. The van der Waals surface area contributed by atoms with Crippen molar-refractivity contribution in [1.29, 1.82) is 0 Å². The number of ether oxygens (including phenoxy) is 1. The van der Waals surface area contributed by atoms with Gasteiger partial charge in [0.25, 0.3) is 0 Å². The molecule has 0 aromatic heterocycles. The largest absolute Gasteiger partial charge is 0.468 e. The van der Waals surface area contributed by atoms with Crippen LogP contribution in [0.2, 0.25) is 0 Å². The second-order valence-electron chi connectivity index (χ2n) is 4.10. The van der Waals surface area contributed by atoms with Gasteiger partial charge in [-0.2, -0.15) is 0 Å². The number of hydrogen-bond donors (Lipinski definition) is 1. The molecule has 5 heteroatoms. The van der Waals surface area contributed by atoms with Crippen LogP contribution in [0.5, 0.6) is 0 Å². The third-order valence-corrected chi connectivity index (χ3v) is 2.94. The molecule has 0 saturated carbocycles. The van der Waals surface area contributed by atoms with Crippen LogP contribution >= 0.6 is 0 Å². The standard InChI is InChI=1S/C13H13NO4/c1-18-13(17)11-10(15)7-9(14-12(11)16)8-5-3-2-4-6-8/h2-6,9,11H,7H2,1H3,(H,14,16)/t9-,11?/m1/s1. The van der Waals surface area contributed by atoms with Gasteiger partial charge < -0.3 is 10.1 Å². The van der Waals surface area contributed by atoms with E-state index < -0.39 is 23.6 Å². The summed E-state index contributed by atoms with van der Waals surface area (Å²) >= 11 is 0. The van der Waals surface area contributed by atoms with Gasteiger partial charge in [0.05, 0.1) is 13.2 Å². The van der Waals surface area contributed by atoms with Crippen molar-refractivity contribution >= 4 is 17.7 Å². The number of carbonyl (C=O) groups is 3. The number of ketones is 1. The summed E-state index contributed by atoms with van der Waals surface area (Å²) in [4.78, 5) is 34.9. The van der Waals surface area contributed by atoms with Gasteiger partial charge in [0, 0.05) is 6.42 Å². The van der Waals surface area contributed by atoms with E-state index in [9.17, 15) is 14.4 Å². The number of amides is 1. The molecule has 1 fully saturated rings. The summed E-state index contributed by atoms with van der Waals surface area (Å²) in [5.74, 6) is -3.12. The van der Waals surface area contributed by atoms with Gasteiger partial charge in [0.1, 0.15) is 0 Å². The fourth-order valence-electron chi connectivity index (χ4n) is 2.01. The lowest BCUT2D eigenvalue weighted by Gasteiger charge is -2.27. The second-order valence-corrected chi connectivity index (χ2v) is 4.10. The van der Waals surface area contributed by atoms with Crippen LogP contribution in [-0.4, -0.2) is 24.8 Å². The van der Waals surface area contributed by atoms with Crippen LogP contribution in [0.4, 0.5) is 0 Å². The van der Waals surface area contributed by atoms with E-state index in [1.54, 1.807) is 0 Å². The topological polar surface area (TPSA) is 72.5 Å². The van der Waals surface area contributed by atoms with Crippen molar-refractivity contribution in [2.24, 2.45) is 5.92 Å². The van der Waals surface area contributed by atoms with E-state index in [2.05, 4.69) is 10.1 Å². The van der Waals surface area contributed by atoms with Crippen molar-refractivity contribution in [1.82, 2.24) is 5.32 Å². The monoisotopic (exact) mass is 247 g/mol. The average Bonchev–Trinajstić information content (AvgIpc) is 2.38. The number of Topliss-reactive ketones (excluding diaryl/α,β-unsaturated/α-hetero) is 1. The molecule has 0 bridgehead atoms. The molecule has 94 valence electrons. The summed E-state index contributed by atoms with van der Waals surface area (Å²) in [7, 11) is 1.16. The molecule has 0 radical (unpaired) electrons. The minimum Gasteiger partial charge on any atom is -0.468 e. The van der Waals surface area contributed by atoms with Gasteiger partial charge in [-0.3, -0.25) is 14.4 Å². The number of hydrogen-bond acceptors (Lipinski definition) is 4. The van der Waals surface area contributed by atoms with Gasteiger partial charge in [-0.05, 0) is 5.56 Å². The van der Waals surface area contributed by atoms with Crippen molar-refractivity contribution < 1.29 is 19.1 Å². The summed E-state index contributed by atoms with van der Waals surface area (Å²) in [5, 5.41) is 2.67. The minimum atomic E-state index is -1.32. The molecule has 0 spiro atoms. The quantitative estimate of drug-likeness (QED) is 0.613. The fourth-order valence-corrected chi connectivity index (χ4v) is 2.01. The Morgan fingerprint density at radius 2 is 1.94 bits per heavy atom. The zero-order valence-electron chi connectivity index (χ0n) is 9.88. The van der Waals surface area contributed by atoms with E-state index in [1.165, 1.54) is 0 Å². The lowest BCUT2D eigenvalue weighted by atomic mass is 9.89. The van der Waals surface area contributed by atoms with Gasteiger partial charge in [-0.15, -0.1) is 0 Å². The molecule has 1 aromatic carbocycles. The Kier molecular flexibility index (Phi) is 3.41. The number of methoxy groups -OCH3 is 1. The zero-order valence-corrected chi connectivity index (χ0v) is 9.88. The molecule has 18 heavy (non-hydrogen) atoms. The first-order valence-electron chi connectivity index (χ1n) is 5.59. The van der Waals surface area contributed by atoms with Crippen molar-refractivity contribution in [3.8, 4) is 0 Å². The minimum absolute atomic E-state index is 0.107. The number of benzene rings is 1. The molecule has 0 aliphatic carbocycles. The number of carbonyl (C=O) groups excluding carboxylic acids is 3. The average molecular weight is 247 g/mol. The Balaban J connectivity index is 2.17. The first-order chi connectivity index (χ1) is 8.63. The highest BCUT2D eigenvalue weighted by Crippen LogP contribution is 2.24. The molecule has 1 amide bonds. The maximum Gasteiger partial charge on any atom is 0.325 e. The lowest BCUT2D eigenvalue weighted by molar-refractivity contribution is -0.155. The Bertz CT molecular complexity index is 465. The highest BCUT2D eigenvalue weighted by atomic mass is 16.5. The molecule has 2 rings (SSSR count). The van der Waals surface area contributed by atoms with E-state index >= 15 is 0 Å². The van der Waals surface area contributed by atoms with Gasteiger partial charge in [0.2, 0.25) is 5.91 Å². The van der Waals surface area contributed by atoms with Gasteiger partial charge in [-0.1, -0.05) is 30.3 Å². The first kappa shape index (κ1) is 12.3. The SMILES string of the molecule is COC(=O)C1C(=O)C[C@H](c2ccccc2)NC1=O. The maximum absolute atomic E-state index is 11.8. The molecular weight excluding hydrogens is 234 g/mol. The summed E-state index contributed by atoms with van der Waals surface area (Å²) in [6.07, 6.45) is 0.107. The van der Waals surface area contributed by atoms with E-state index in [0.717, 1.165) is 12.7 Å². The predicted octanol–water partition coefficient (Wildman–Crippen LogP) is 0.606. The number of esters is 1. The molecular formula is C13H13NO4. The smallest absolute Gasteiger partial charge is 0.325 e. The number of piperidine rings is 1. The van der Waals surface area contributed by atoms with Gasteiger partial charge in [0.15, 0.2) is 11.7 Å². The Labute approximate surface area is 104 Å². The zero-order chi connectivity index (χ0) is 13.1. The van der Waals surface area contributed by atoms with Crippen LogP contribution in [-0.2, 0) is 19.1 Å². The molecule has 5 nitrogen and oxygen atoms in total. The molecule has 1 aliphatic heterocycles. The van der Waals surface area contributed by atoms with Crippen LogP contribution in [0.3, 0.4) is 0 Å². The number of nitrogens with one attached hydrogen (secondary N) is 1. The van der Waals surface area contributed by atoms with E-state index in [4.69, 9.17) is 0 Å². The van der Waals surface area contributed by atoms with Crippen LogP contribution in [0.15, 0.2) is 30.3 Å². The van der Waals surface area contributed by atoms with E-state index in [0.29, 0.717) is 0 Å². The fraction of sp³-hybridized carbons (Fsp3) is 0.308. The van der Waals surface area contributed by atoms with Crippen molar-refractivity contribution in [3.05, 3.63) is 35.9 Å². The predicted molar refractivity (Wildman–Crippen MR) is 62.5 cm³/mol. The summed E-state index contributed by atoms with van der Waals surface area (Å²) < 4.78 is 4.45. The molecule has 1 aliphatic rings. The van der Waals surface area contributed by atoms with Gasteiger partial charge >= 0.3 is 5.97 Å². The molecule has 1 heterocycles. The Morgan fingerprint density at radius 3 is 2.50 bits per heavy atom. The Hall–Kier alpha value is -2.17. The summed E-state index contributed by atoms with van der Waals surface area (Å²) in [6.45, 7) is 0. The van der Waals surface area contributed by atoms with Crippen LogP contribution in [0.1, 0.15) is 18.0 Å². The van der Waals surface area contributed by atoms with E-state index in [-0.39, 0.29) is 12.5 Å². The van der Waals surface area contributed by atoms with Crippen LogP contribution in [0, 0.1) is 5.92 Å². The highest BCUT2D eigenvalue weighted by molar-refractivity contribution is 6.18. The van der Waals surface area contributed by atoms with Crippen LogP contribution < -0.4 is 5.32 Å². The first-order valence-corrected chi connectivity index (χ1v) is 5.59. The summed E-state index contributed by atoms with van der Waals surface area (Å²) in [6, 6.07) is 8.81. The van der Waals surface area contributed by atoms with E-state index in [1.807, 2.05) is 30.3 Å². The Morgan fingerprint density at radius 1 is 1.28 bits per heavy atom.